The van der Waals surface area contributed by atoms with Crippen LogP contribution in [0.4, 0.5) is 0 Å². The maximum absolute atomic E-state index is 13.1. The van der Waals surface area contributed by atoms with Crippen LogP contribution < -0.4 is 0 Å². The number of hydrogen-bond acceptors (Lipinski definition) is 15. The third-order valence-corrected chi connectivity index (χ3v) is 20.7. The lowest BCUT2D eigenvalue weighted by atomic mass is 9.99. The molecule has 0 radical (unpaired) electrons. The molecular weight excluding hydrogens is 1270 g/mol. The number of carbonyl (C=O) groups is 4. The van der Waals surface area contributed by atoms with Crippen molar-refractivity contribution < 1.29 is 80.2 Å². The molecule has 0 rings (SSSR count). The van der Waals surface area contributed by atoms with Gasteiger partial charge in [0.2, 0.25) is 0 Å². The number of carbonyl (C=O) groups excluding carboxylic acids is 4. The van der Waals surface area contributed by atoms with Crippen molar-refractivity contribution in [1.29, 1.82) is 0 Å². The first-order chi connectivity index (χ1) is 46.7. The third kappa shape index (κ3) is 69.5. The fourth-order valence-corrected chi connectivity index (χ4v) is 13.4. The van der Waals surface area contributed by atoms with E-state index in [9.17, 15) is 43.2 Å². The average molecular weight is 1420 g/mol. The number of phosphoric ester groups is 2. The second-order valence-corrected chi connectivity index (χ2v) is 32.4. The molecule has 3 N–H and O–H groups in total. The van der Waals surface area contributed by atoms with Crippen LogP contribution in [0.5, 0.6) is 0 Å². The molecule has 0 aromatic rings. The van der Waals surface area contributed by atoms with E-state index in [4.69, 9.17) is 37.0 Å². The second kappa shape index (κ2) is 67.2. The molecule has 7 atom stereocenters. The summed E-state index contributed by atoms with van der Waals surface area (Å²) >= 11 is 0. The van der Waals surface area contributed by atoms with Gasteiger partial charge in [0.05, 0.1) is 26.4 Å². The molecule has 0 aliphatic carbocycles. The maximum atomic E-state index is 13.1. The smallest absolute Gasteiger partial charge is 0.462 e. The lowest BCUT2D eigenvalue weighted by molar-refractivity contribution is -0.161. The van der Waals surface area contributed by atoms with Gasteiger partial charge in [0, 0.05) is 25.7 Å². The Balaban J connectivity index is 5.17. The van der Waals surface area contributed by atoms with Gasteiger partial charge < -0.3 is 33.8 Å². The highest BCUT2D eigenvalue weighted by Gasteiger charge is 2.30. The van der Waals surface area contributed by atoms with E-state index in [1.54, 1.807) is 0 Å². The van der Waals surface area contributed by atoms with E-state index in [2.05, 4.69) is 55.4 Å². The molecule has 0 aromatic carbocycles. The molecular formula is C78H152O17P2. The SMILES string of the molecule is CCC(C)CCCCCCCCCCCCCCCCCCCCC(=O)O[C@H](COC(=O)CCCCCCCCC(C)CC)COP(=O)(O)OC[C@H](O)COP(=O)(O)OC[C@@H](COC(=O)CCCCCCCCCCCCCC(C)C)OC(=O)CCCCCCCCCCC(C)C. The largest absolute Gasteiger partial charge is 0.472 e. The Kier molecular flexibility index (Phi) is 65.9. The summed E-state index contributed by atoms with van der Waals surface area (Å²) in [6, 6.07) is 0. The lowest BCUT2D eigenvalue weighted by Gasteiger charge is -2.21. The molecule has 0 saturated carbocycles. The minimum Gasteiger partial charge on any atom is -0.462 e. The van der Waals surface area contributed by atoms with Gasteiger partial charge in [-0.1, -0.05) is 344 Å². The van der Waals surface area contributed by atoms with Crippen LogP contribution in [-0.4, -0.2) is 96.7 Å². The molecule has 0 spiro atoms. The van der Waals surface area contributed by atoms with Gasteiger partial charge in [-0.2, -0.15) is 0 Å². The quantitative estimate of drug-likeness (QED) is 0.0222. The molecule has 97 heavy (non-hydrogen) atoms. The van der Waals surface area contributed by atoms with Crippen LogP contribution in [0.15, 0.2) is 0 Å². The van der Waals surface area contributed by atoms with Gasteiger partial charge in [-0.25, -0.2) is 9.13 Å². The zero-order chi connectivity index (χ0) is 71.7. The molecule has 0 bridgehead atoms. The van der Waals surface area contributed by atoms with Crippen molar-refractivity contribution in [3.63, 3.8) is 0 Å². The van der Waals surface area contributed by atoms with Crippen molar-refractivity contribution in [2.45, 2.75) is 414 Å². The third-order valence-electron chi connectivity index (χ3n) is 18.8. The molecule has 17 nitrogen and oxygen atoms in total. The van der Waals surface area contributed by atoms with Crippen LogP contribution in [-0.2, 0) is 65.4 Å². The van der Waals surface area contributed by atoms with Crippen LogP contribution in [0, 0.1) is 23.7 Å². The van der Waals surface area contributed by atoms with Gasteiger partial charge in [-0.15, -0.1) is 0 Å². The Morgan fingerprint density at radius 1 is 0.289 bits per heavy atom. The second-order valence-electron chi connectivity index (χ2n) is 29.5. The van der Waals surface area contributed by atoms with Crippen molar-refractivity contribution in [2.75, 3.05) is 39.6 Å². The highest BCUT2D eigenvalue weighted by Crippen LogP contribution is 2.45. The molecule has 0 fully saturated rings. The van der Waals surface area contributed by atoms with E-state index in [0.29, 0.717) is 25.7 Å². The van der Waals surface area contributed by atoms with Crippen molar-refractivity contribution in [3.8, 4) is 0 Å². The van der Waals surface area contributed by atoms with Gasteiger partial charge in [0.1, 0.15) is 19.3 Å². The van der Waals surface area contributed by atoms with E-state index in [1.165, 1.54) is 193 Å². The minimum absolute atomic E-state index is 0.104. The number of ether oxygens (including phenoxy) is 4. The molecule has 0 aromatic heterocycles. The van der Waals surface area contributed by atoms with E-state index in [1.807, 2.05) is 0 Å². The maximum Gasteiger partial charge on any atom is 0.472 e. The van der Waals surface area contributed by atoms with Crippen molar-refractivity contribution in [3.05, 3.63) is 0 Å². The molecule has 0 amide bonds. The summed E-state index contributed by atoms with van der Waals surface area (Å²) in [5, 5.41) is 10.6. The number of aliphatic hydroxyl groups excluding tert-OH is 1. The van der Waals surface area contributed by atoms with Gasteiger partial charge in [-0.3, -0.25) is 37.3 Å². The summed E-state index contributed by atoms with van der Waals surface area (Å²) in [6.07, 6.45) is 52.9. The summed E-state index contributed by atoms with van der Waals surface area (Å²) in [7, 11) is -9.91. The zero-order valence-corrected chi connectivity index (χ0v) is 65.5. The summed E-state index contributed by atoms with van der Waals surface area (Å²) in [4.78, 5) is 72.8. The molecule has 0 aliphatic heterocycles. The predicted octanol–water partition coefficient (Wildman–Crippen LogP) is 22.8. The van der Waals surface area contributed by atoms with Crippen LogP contribution in [0.3, 0.4) is 0 Å². The predicted molar refractivity (Wildman–Crippen MR) is 395 cm³/mol. The fraction of sp³-hybridized carbons (Fsp3) is 0.949. The standard InChI is InChI=1S/C78H152O17P2/c1-9-70(7)56-48-40-32-25-21-17-15-13-11-12-14-16-18-22-27-34-44-52-60-77(82)94-74(65-89-76(81)59-51-43-37-36-41-49-57-71(8)10-2)67-93-97(86,87)91-63-72(79)62-90-96(84,85)92-66-73(95-78(83)61-53-45-35-29-28-31-39-47-55-69(5)6)64-88-75(80)58-50-42-33-26-23-19-20-24-30-38-46-54-68(3)4/h68-74,79H,9-67H2,1-8H3,(H,84,85)(H,86,87)/t70?,71?,72-,73-,74-/m1/s1. The highest BCUT2D eigenvalue weighted by atomic mass is 31.2. The van der Waals surface area contributed by atoms with Crippen molar-refractivity contribution in [2.24, 2.45) is 23.7 Å². The Labute approximate surface area is 594 Å². The van der Waals surface area contributed by atoms with Crippen molar-refractivity contribution >= 4 is 39.5 Å². The van der Waals surface area contributed by atoms with Crippen LogP contribution >= 0.6 is 15.6 Å². The van der Waals surface area contributed by atoms with Crippen LogP contribution in [0.2, 0.25) is 0 Å². The first-order valence-electron chi connectivity index (χ1n) is 40.3. The van der Waals surface area contributed by atoms with Crippen molar-refractivity contribution in [1.82, 2.24) is 0 Å². The molecule has 19 heteroatoms. The van der Waals surface area contributed by atoms with Crippen LogP contribution in [0.1, 0.15) is 396 Å². The summed E-state index contributed by atoms with van der Waals surface area (Å²) in [5.74, 6) is 0.969. The lowest BCUT2D eigenvalue weighted by Crippen LogP contribution is -2.30. The minimum atomic E-state index is -4.96. The summed E-state index contributed by atoms with van der Waals surface area (Å²) < 4.78 is 68.5. The molecule has 4 unspecified atom stereocenters. The average Bonchev–Trinajstić information content (AvgIpc) is 1.23. The summed E-state index contributed by atoms with van der Waals surface area (Å²) in [5.41, 5.74) is 0. The normalized spacial score (nSPS) is 14.6. The molecule has 0 aliphatic rings. The number of unbranched alkanes of at least 4 members (excludes halogenated alkanes) is 39. The number of aliphatic hydroxyl groups is 1. The molecule has 0 heterocycles. The topological polar surface area (TPSA) is 237 Å². The monoisotopic (exact) mass is 1420 g/mol. The Morgan fingerprint density at radius 2 is 0.495 bits per heavy atom. The molecule has 0 saturated heterocycles. The van der Waals surface area contributed by atoms with E-state index in [0.717, 1.165) is 120 Å². The first-order valence-corrected chi connectivity index (χ1v) is 43.3. The van der Waals surface area contributed by atoms with E-state index in [-0.39, 0.29) is 25.7 Å². The summed E-state index contributed by atoms with van der Waals surface area (Å²) in [6.45, 7) is 14.2. The Bertz CT molecular complexity index is 1910. The first kappa shape index (κ1) is 95.1. The van der Waals surface area contributed by atoms with E-state index < -0.39 is 97.5 Å². The number of rotatable bonds is 75. The highest BCUT2D eigenvalue weighted by molar-refractivity contribution is 7.47. The fourth-order valence-electron chi connectivity index (χ4n) is 11.8. The van der Waals surface area contributed by atoms with Crippen LogP contribution in [0.25, 0.3) is 0 Å². The Hall–Kier alpha value is -1.94. The van der Waals surface area contributed by atoms with Gasteiger partial charge in [-0.05, 0) is 49.4 Å². The van der Waals surface area contributed by atoms with E-state index >= 15 is 0 Å². The number of hydrogen-bond donors (Lipinski definition) is 3. The Morgan fingerprint density at radius 3 is 0.732 bits per heavy atom. The van der Waals surface area contributed by atoms with Gasteiger partial charge >= 0.3 is 39.5 Å². The number of esters is 4. The van der Waals surface area contributed by atoms with Gasteiger partial charge in [0.15, 0.2) is 12.2 Å². The number of phosphoric acid groups is 2. The molecule has 576 valence electrons. The zero-order valence-electron chi connectivity index (χ0n) is 63.7. The van der Waals surface area contributed by atoms with Gasteiger partial charge in [0.25, 0.3) is 0 Å².